The highest BCUT2D eigenvalue weighted by Crippen LogP contribution is 1.92. The molecule has 3 nitrogen and oxygen atoms in total. The average Bonchev–Trinajstić information content (AvgIpc) is 1.87. The van der Waals surface area contributed by atoms with Gasteiger partial charge in [-0.1, -0.05) is 6.08 Å². The monoisotopic (exact) mass is 154 g/mol. The SMILES string of the molecule is CC=CC(=O)C=C(C)C(=O)O. The Hall–Kier alpha value is -1.38. The third kappa shape index (κ3) is 4.08. The van der Waals surface area contributed by atoms with Crippen molar-refractivity contribution in [3.63, 3.8) is 0 Å². The predicted octanol–water partition coefficient (Wildman–Crippen LogP) is 1.16. The molecule has 11 heavy (non-hydrogen) atoms. The minimum atomic E-state index is -1.07. The first kappa shape index (κ1) is 9.62. The zero-order valence-corrected chi connectivity index (χ0v) is 6.50. The number of carbonyl (C=O) groups excluding carboxylic acids is 1. The molecule has 0 rings (SSSR count). The van der Waals surface area contributed by atoms with Gasteiger partial charge < -0.3 is 5.11 Å². The lowest BCUT2D eigenvalue weighted by Gasteiger charge is -1.88. The number of carboxylic acid groups (broad SMARTS) is 1. The summed E-state index contributed by atoms with van der Waals surface area (Å²) in [6.45, 7) is 3.07. The molecule has 0 aromatic carbocycles. The summed E-state index contributed by atoms with van der Waals surface area (Å²) in [5, 5.41) is 8.35. The molecule has 0 heterocycles. The van der Waals surface area contributed by atoms with Crippen LogP contribution in [0.2, 0.25) is 0 Å². The van der Waals surface area contributed by atoms with E-state index in [2.05, 4.69) is 0 Å². The van der Waals surface area contributed by atoms with Gasteiger partial charge in [0.05, 0.1) is 0 Å². The van der Waals surface area contributed by atoms with Crippen molar-refractivity contribution in [2.75, 3.05) is 0 Å². The fourth-order valence-electron chi connectivity index (χ4n) is 0.488. The summed E-state index contributed by atoms with van der Waals surface area (Å²) >= 11 is 0. The number of hydrogen-bond donors (Lipinski definition) is 1. The lowest BCUT2D eigenvalue weighted by molar-refractivity contribution is -0.132. The highest BCUT2D eigenvalue weighted by molar-refractivity contribution is 6.04. The van der Waals surface area contributed by atoms with Crippen LogP contribution in [0.4, 0.5) is 0 Å². The topological polar surface area (TPSA) is 54.4 Å². The van der Waals surface area contributed by atoms with Gasteiger partial charge in [-0.15, -0.1) is 0 Å². The summed E-state index contributed by atoms with van der Waals surface area (Å²) in [6, 6.07) is 0. The van der Waals surface area contributed by atoms with Crippen LogP contribution >= 0.6 is 0 Å². The van der Waals surface area contributed by atoms with Crippen molar-refractivity contribution < 1.29 is 14.7 Å². The van der Waals surface area contributed by atoms with Crippen LogP contribution < -0.4 is 0 Å². The van der Waals surface area contributed by atoms with E-state index in [1.165, 1.54) is 13.0 Å². The van der Waals surface area contributed by atoms with E-state index in [-0.39, 0.29) is 11.4 Å². The quantitative estimate of drug-likeness (QED) is 0.620. The molecule has 0 saturated heterocycles. The first-order chi connectivity index (χ1) is 5.07. The van der Waals surface area contributed by atoms with E-state index < -0.39 is 5.97 Å². The van der Waals surface area contributed by atoms with E-state index in [0.717, 1.165) is 6.08 Å². The molecule has 0 amide bonds. The minimum absolute atomic E-state index is 0.0492. The molecule has 60 valence electrons. The highest BCUT2D eigenvalue weighted by Gasteiger charge is 2.00. The molecule has 1 N–H and O–H groups in total. The molecule has 0 unspecified atom stereocenters. The van der Waals surface area contributed by atoms with Gasteiger partial charge >= 0.3 is 5.97 Å². The van der Waals surface area contributed by atoms with Gasteiger partial charge in [0.15, 0.2) is 5.78 Å². The molecule has 0 aliphatic carbocycles. The number of carbonyl (C=O) groups is 2. The molecule has 0 aromatic rings. The van der Waals surface area contributed by atoms with Gasteiger partial charge in [0.2, 0.25) is 0 Å². The maximum Gasteiger partial charge on any atom is 0.331 e. The van der Waals surface area contributed by atoms with E-state index in [9.17, 15) is 9.59 Å². The first-order valence-electron chi connectivity index (χ1n) is 3.16. The van der Waals surface area contributed by atoms with Crippen LogP contribution in [0.15, 0.2) is 23.8 Å². The minimum Gasteiger partial charge on any atom is -0.478 e. The number of carboxylic acids is 1. The van der Waals surface area contributed by atoms with Crippen LogP contribution in [0.25, 0.3) is 0 Å². The Kier molecular flexibility index (Phi) is 3.88. The third-order valence-corrected chi connectivity index (χ3v) is 1.03. The summed E-state index contributed by atoms with van der Waals surface area (Å²) in [4.78, 5) is 20.9. The fraction of sp³-hybridized carbons (Fsp3) is 0.250. The van der Waals surface area contributed by atoms with Crippen molar-refractivity contribution in [3.8, 4) is 0 Å². The Morgan fingerprint density at radius 3 is 2.27 bits per heavy atom. The van der Waals surface area contributed by atoms with Crippen molar-refractivity contribution >= 4 is 11.8 Å². The van der Waals surface area contributed by atoms with Crippen LogP contribution in [0, 0.1) is 0 Å². The zero-order chi connectivity index (χ0) is 8.85. The summed E-state index contributed by atoms with van der Waals surface area (Å²) in [5.41, 5.74) is 0.0492. The average molecular weight is 154 g/mol. The molecule has 0 saturated carbocycles. The number of ketones is 1. The van der Waals surface area contributed by atoms with Gasteiger partial charge in [-0.3, -0.25) is 4.79 Å². The normalized spacial score (nSPS) is 12.0. The van der Waals surface area contributed by atoms with E-state index in [0.29, 0.717) is 0 Å². The Morgan fingerprint density at radius 2 is 1.91 bits per heavy atom. The van der Waals surface area contributed by atoms with Crippen LogP contribution in [-0.4, -0.2) is 16.9 Å². The second-order valence-corrected chi connectivity index (χ2v) is 2.03. The lowest BCUT2D eigenvalue weighted by atomic mass is 10.2. The Morgan fingerprint density at radius 1 is 1.36 bits per heavy atom. The Bertz CT molecular complexity index is 223. The maximum atomic E-state index is 10.7. The molecule has 0 aliphatic heterocycles. The van der Waals surface area contributed by atoms with Crippen molar-refractivity contribution in [1.29, 1.82) is 0 Å². The molecule has 0 spiro atoms. The van der Waals surface area contributed by atoms with E-state index in [4.69, 9.17) is 5.11 Å². The van der Waals surface area contributed by atoms with Gasteiger partial charge in [0.1, 0.15) is 0 Å². The lowest BCUT2D eigenvalue weighted by Crippen LogP contribution is -1.99. The first-order valence-corrected chi connectivity index (χ1v) is 3.16. The molecular formula is C8H10O3. The molecule has 0 fully saturated rings. The highest BCUT2D eigenvalue weighted by atomic mass is 16.4. The molecule has 0 atom stereocenters. The number of aliphatic carboxylic acids is 1. The zero-order valence-electron chi connectivity index (χ0n) is 6.50. The molecule has 0 aliphatic rings. The molecular weight excluding hydrogens is 144 g/mol. The van der Waals surface area contributed by atoms with Gasteiger partial charge in [0.25, 0.3) is 0 Å². The smallest absolute Gasteiger partial charge is 0.331 e. The van der Waals surface area contributed by atoms with E-state index in [1.54, 1.807) is 13.0 Å². The van der Waals surface area contributed by atoms with Crippen molar-refractivity contribution in [1.82, 2.24) is 0 Å². The summed E-state index contributed by atoms with van der Waals surface area (Å²) in [7, 11) is 0. The van der Waals surface area contributed by atoms with E-state index >= 15 is 0 Å². The van der Waals surface area contributed by atoms with Crippen molar-refractivity contribution in [2.24, 2.45) is 0 Å². The summed E-state index contributed by atoms with van der Waals surface area (Å²) in [6.07, 6.45) is 3.96. The number of allylic oxidation sites excluding steroid dienone is 3. The van der Waals surface area contributed by atoms with Gasteiger partial charge in [-0.25, -0.2) is 4.79 Å². The van der Waals surface area contributed by atoms with Crippen molar-refractivity contribution in [2.45, 2.75) is 13.8 Å². The predicted molar refractivity (Wildman–Crippen MR) is 41.2 cm³/mol. The number of hydrogen-bond acceptors (Lipinski definition) is 2. The van der Waals surface area contributed by atoms with Crippen molar-refractivity contribution in [3.05, 3.63) is 23.8 Å². The Labute approximate surface area is 65.0 Å². The van der Waals surface area contributed by atoms with Gasteiger partial charge in [-0.2, -0.15) is 0 Å². The second kappa shape index (κ2) is 4.44. The van der Waals surface area contributed by atoms with Crippen LogP contribution in [0.3, 0.4) is 0 Å². The standard InChI is InChI=1S/C8H10O3/c1-3-4-7(9)5-6(2)8(10)11/h3-5H,1-2H3,(H,10,11). The van der Waals surface area contributed by atoms with Crippen LogP contribution in [0.1, 0.15) is 13.8 Å². The van der Waals surface area contributed by atoms with Crippen LogP contribution in [0.5, 0.6) is 0 Å². The van der Waals surface area contributed by atoms with Gasteiger partial charge in [-0.05, 0) is 26.0 Å². The van der Waals surface area contributed by atoms with Crippen LogP contribution in [-0.2, 0) is 9.59 Å². The number of rotatable bonds is 3. The third-order valence-electron chi connectivity index (χ3n) is 1.03. The fourth-order valence-corrected chi connectivity index (χ4v) is 0.488. The molecule has 0 aromatic heterocycles. The largest absolute Gasteiger partial charge is 0.478 e. The Balaban J connectivity index is 4.31. The summed E-state index contributed by atoms with van der Waals surface area (Å²) < 4.78 is 0. The van der Waals surface area contributed by atoms with E-state index in [1.807, 2.05) is 0 Å². The molecule has 0 bridgehead atoms. The second-order valence-electron chi connectivity index (χ2n) is 2.03. The molecule has 3 heteroatoms. The summed E-state index contributed by atoms with van der Waals surface area (Å²) in [5.74, 6) is -1.37. The van der Waals surface area contributed by atoms with Gasteiger partial charge in [0, 0.05) is 5.57 Å². The maximum absolute atomic E-state index is 10.7. The molecule has 0 radical (unpaired) electrons.